The van der Waals surface area contributed by atoms with Crippen LogP contribution in [0.25, 0.3) is 0 Å². The molecule has 1 aromatic rings. The van der Waals surface area contributed by atoms with Crippen LogP contribution >= 0.6 is 0 Å². The number of aliphatic carboxylic acids is 1. The Balaban J connectivity index is 2.87. The Hall–Kier alpha value is -1.85. The van der Waals surface area contributed by atoms with Crippen LogP contribution < -0.4 is 0 Å². The molecule has 6 heteroatoms. The second-order valence-electron chi connectivity index (χ2n) is 4.72. The van der Waals surface area contributed by atoms with E-state index in [4.69, 9.17) is 5.11 Å². The fourth-order valence-electron chi connectivity index (χ4n) is 2.14. The van der Waals surface area contributed by atoms with Gasteiger partial charge in [0.1, 0.15) is 6.04 Å². The molecule has 1 N–H and O–H groups in total. The number of aromatic nitrogens is 2. The second kappa shape index (κ2) is 5.86. The summed E-state index contributed by atoms with van der Waals surface area (Å²) in [7, 11) is 3.36. The minimum Gasteiger partial charge on any atom is -0.480 e. The lowest BCUT2D eigenvalue weighted by atomic mass is 10.1. The van der Waals surface area contributed by atoms with Gasteiger partial charge >= 0.3 is 5.97 Å². The molecule has 0 aromatic carbocycles. The van der Waals surface area contributed by atoms with E-state index in [-0.39, 0.29) is 12.3 Å². The summed E-state index contributed by atoms with van der Waals surface area (Å²) in [5.41, 5.74) is 2.62. The number of carboxylic acid groups (broad SMARTS) is 1. The molecule has 1 rings (SSSR count). The number of hydrogen-bond donors (Lipinski definition) is 1. The summed E-state index contributed by atoms with van der Waals surface area (Å²) < 4.78 is 1.73. The number of hydrogen-bond acceptors (Lipinski definition) is 3. The van der Waals surface area contributed by atoms with E-state index in [1.165, 1.54) is 11.9 Å². The average Bonchev–Trinajstić information content (AvgIpc) is 2.56. The normalized spacial score (nSPS) is 12.3. The van der Waals surface area contributed by atoms with Crippen molar-refractivity contribution in [3.63, 3.8) is 0 Å². The molecule has 1 heterocycles. The highest BCUT2D eigenvalue weighted by Crippen LogP contribution is 2.14. The average molecular weight is 267 g/mol. The molecule has 0 saturated heterocycles. The molecule has 1 unspecified atom stereocenters. The van der Waals surface area contributed by atoms with Crippen molar-refractivity contribution in [2.75, 3.05) is 7.05 Å². The van der Waals surface area contributed by atoms with Crippen LogP contribution in [0.3, 0.4) is 0 Å². The van der Waals surface area contributed by atoms with Gasteiger partial charge in [-0.1, -0.05) is 6.92 Å². The second-order valence-corrected chi connectivity index (χ2v) is 4.72. The lowest BCUT2D eigenvalue weighted by molar-refractivity contribution is -0.148. The lowest BCUT2D eigenvalue weighted by Gasteiger charge is -2.23. The summed E-state index contributed by atoms with van der Waals surface area (Å²) in [6, 6.07) is -0.773. The number of carboxylic acids is 1. The Labute approximate surface area is 113 Å². The van der Waals surface area contributed by atoms with E-state index in [2.05, 4.69) is 5.10 Å². The van der Waals surface area contributed by atoms with Gasteiger partial charge in [0.05, 0.1) is 12.1 Å². The third kappa shape index (κ3) is 3.13. The first-order valence-corrected chi connectivity index (χ1v) is 6.27. The van der Waals surface area contributed by atoms with Gasteiger partial charge in [0.2, 0.25) is 5.91 Å². The van der Waals surface area contributed by atoms with Crippen LogP contribution in [0.4, 0.5) is 0 Å². The van der Waals surface area contributed by atoms with E-state index in [1.54, 1.807) is 11.6 Å². The topological polar surface area (TPSA) is 75.4 Å². The zero-order valence-corrected chi connectivity index (χ0v) is 12.1. The van der Waals surface area contributed by atoms with Crippen molar-refractivity contribution in [2.24, 2.45) is 7.05 Å². The van der Waals surface area contributed by atoms with Gasteiger partial charge in [-0.05, 0) is 20.3 Å². The number of likely N-dealkylation sites (N-methyl/N-ethyl adjacent to an activating group) is 1. The van der Waals surface area contributed by atoms with Crippen molar-refractivity contribution >= 4 is 11.9 Å². The monoisotopic (exact) mass is 267 g/mol. The zero-order chi connectivity index (χ0) is 14.7. The highest BCUT2D eigenvalue weighted by atomic mass is 16.4. The first kappa shape index (κ1) is 15.2. The van der Waals surface area contributed by atoms with Gasteiger partial charge in [-0.2, -0.15) is 5.10 Å². The van der Waals surface area contributed by atoms with Crippen LogP contribution in [0.5, 0.6) is 0 Å². The molecule has 0 fully saturated rings. The molecule has 1 amide bonds. The first-order chi connectivity index (χ1) is 8.79. The molecule has 1 atom stereocenters. The van der Waals surface area contributed by atoms with E-state index in [1.807, 2.05) is 20.9 Å². The standard InChI is InChI=1S/C13H21N3O3/c1-6-11(13(18)19)15(4)12(17)7-10-8(2)14-16(5)9(10)3/h11H,6-7H2,1-5H3,(H,18,19). The van der Waals surface area contributed by atoms with Crippen LogP contribution in [0.2, 0.25) is 0 Å². The summed E-state index contributed by atoms with van der Waals surface area (Å²) in [6.07, 6.45) is 0.578. The molecule has 0 spiro atoms. The van der Waals surface area contributed by atoms with E-state index < -0.39 is 12.0 Å². The summed E-state index contributed by atoms with van der Waals surface area (Å²) >= 11 is 0. The zero-order valence-electron chi connectivity index (χ0n) is 12.1. The van der Waals surface area contributed by atoms with Gasteiger partial charge in [-0.25, -0.2) is 4.79 Å². The van der Waals surface area contributed by atoms with E-state index in [0.29, 0.717) is 6.42 Å². The maximum absolute atomic E-state index is 12.2. The molecule has 6 nitrogen and oxygen atoms in total. The van der Waals surface area contributed by atoms with Crippen molar-refractivity contribution in [3.05, 3.63) is 17.0 Å². The molecule has 0 bridgehead atoms. The summed E-state index contributed by atoms with van der Waals surface area (Å²) in [6.45, 7) is 5.50. The Morgan fingerprint density at radius 1 is 1.42 bits per heavy atom. The molecule has 106 valence electrons. The molecule has 0 aliphatic rings. The Morgan fingerprint density at radius 3 is 2.37 bits per heavy atom. The molecular weight excluding hydrogens is 246 g/mol. The number of carbonyl (C=O) groups is 2. The fraction of sp³-hybridized carbons (Fsp3) is 0.615. The van der Waals surface area contributed by atoms with Crippen molar-refractivity contribution in [1.82, 2.24) is 14.7 Å². The van der Waals surface area contributed by atoms with Crippen LogP contribution in [0.15, 0.2) is 0 Å². The summed E-state index contributed by atoms with van der Waals surface area (Å²) in [5.74, 6) is -1.17. The molecular formula is C13H21N3O3. The predicted molar refractivity (Wildman–Crippen MR) is 70.9 cm³/mol. The Bertz CT molecular complexity index is 494. The van der Waals surface area contributed by atoms with Gasteiger partial charge in [-0.3, -0.25) is 9.48 Å². The SMILES string of the molecule is CCC(C(=O)O)N(C)C(=O)Cc1c(C)nn(C)c1C. The van der Waals surface area contributed by atoms with E-state index in [0.717, 1.165) is 17.0 Å². The highest BCUT2D eigenvalue weighted by molar-refractivity contribution is 5.85. The first-order valence-electron chi connectivity index (χ1n) is 6.27. The van der Waals surface area contributed by atoms with Crippen LogP contribution in [0.1, 0.15) is 30.3 Å². The molecule has 0 aliphatic heterocycles. The number of amides is 1. The molecule has 0 saturated carbocycles. The Kier molecular flexibility index (Phi) is 4.69. The smallest absolute Gasteiger partial charge is 0.326 e. The van der Waals surface area contributed by atoms with Crippen molar-refractivity contribution in [3.8, 4) is 0 Å². The highest BCUT2D eigenvalue weighted by Gasteiger charge is 2.25. The van der Waals surface area contributed by atoms with E-state index >= 15 is 0 Å². The molecule has 19 heavy (non-hydrogen) atoms. The third-order valence-corrected chi connectivity index (χ3v) is 3.52. The van der Waals surface area contributed by atoms with Crippen LogP contribution in [0, 0.1) is 13.8 Å². The minimum absolute atomic E-state index is 0.186. The minimum atomic E-state index is -0.974. The number of nitrogens with zero attached hydrogens (tertiary/aromatic N) is 3. The molecule has 0 aliphatic carbocycles. The maximum Gasteiger partial charge on any atom is 0.326 e. The maximum atomic E-state index is 12.2. The largest absolute Gasteiger partial charge is 0.480 e. The van der Waals surface area contributed by atoms with E-state index in [9.17, 15) is 9.59 Å². The molecule has 1 aromatic heterocycles. The van der Waals surface area contributed by atoms with Gasteiger partial charge in [0.25, 0.3) is 0 Å². The van der Waals surface area contributed by atoms with Crippen LogP contribution in [-0.4, -0.2) is 44.8 Å². The molecule has 0 radical (unpaired) electrons. The van der Waals surface area contributed by atoms with Crippen LogP contribution in [-0.2, 0) is 23.1 Å². The van der Waals surface area contributed by atoms with Gasteiger partial charge in [-0.15, -0.1) is 0 Å². The fourth-order valence-corrected chi connectivity index (χ4v) is 2.14. The Morgan fingerprint density at radius 2 is 2.00 bits per heavy atom. The van der Waals surface area contributed by atoms with Gasteiger partial charge in [0.15, 0.2) is 0 Å². The number of carbonyl (C=O) groups excluding carboxylic acids is 1. The summed E-state index contributed by atoms with van der Waals surface area (Å²) in [4.78, 5) is 24.5. The summed E-state index contributed by atoms with van der Waals surface area (Å²) in [5, 5.41) is 13.3. The van der Waals surface area contributed by atoms with Crippen molar-refractivity contribution in [2.45, 2.75) is 39.7 Å². The van der Waals surface area contributed by atoms with Crippen molar-refractivity contribution < 1.29 is 14.7 Å². The number of aryl methyl sites for hydroxylation is 2. The lowest BCUT2D eigenvalue weighted by Crippen LogP contribution is -2.42. The van der Waals surface area contributed by atoms with Crippen molar-refractivity contribution in [1.29, 1.82) is 0 Å². The van der Waals surface area contributed by atoms with Gasteiger partial charge < -0.3 is 10.0 Å². The van der Waals surface area contributed by atoms with Gasteiger partial charge in [0, 0.05) is 25.4 Å². The quantitative estimate of drug-likeness (QED) is 0.860. The number of rotatable bonds is 5. The third-order valence-electron chi connectivity index (χ3n) is 3.52. The predicted octanol–water partition coefficient (Wildman–Crippen LogP) is 0.901.